The Bertz CT molecular complexity index is 281. The largest absolute Gasteiger partial charge is 4.00 e. The van der Waals surface area contributed by atoms with Crippen molar-refractivity contribution in [1.29, 1.82) is 0 Å². The molecule has 3 N–H and O–H groups in total. The van der Waals surface area contributed by atoms with Crippen molar-refractivity contribution in [1.82, 2.24) is 0 Å². The summed E-state index contributed by atoms with van der Waals surface area (Å²) < 4.78 is 0. The predicted octanol–water partition coefficient (Wildman–Crippen LogP) is 6.18. The van der Waals surface area contributed by atoms with Crippen LogP contribution in [0.25, 0.3) is 17.2 Å². The first-order chi connectivity index (χ1) is 10.6. The number of hydrogen-bond donors (Lipinski definition) is 0. The summed E-state index contributed by atoms with van der Waals surface area (Å²) in [5, 5.41) is 1.57. The molecule has 0 unspecified atom stereocenters. The molecule has 1 rings (SSSR count). The molecule has 0 heterocycles. The molecular weight excluding hydrogens is 477 g/mol. The van der Waals surface area contributed by atoms with Crippen LogP contribution in [0.1, 0.15) is 41.5 Å². The molecule has 3 nitrogen and oxygen atoms in total. The van der Waals surface area contributed by atoms with E-state index in [0.29, 0.717) is 37.4 Å². The predicted molar refractivity (Wildman–Crippen MR) is 113 cm³/mol. The Morgan fingerprint density at radius 2 is 0.917 bits per heavy atom. The van der Waals surface area contributed by atoms with E-state index >= 15 is 0 Å². The van der Waals surface area contributed by atoms with Gasteiger partial charge in [0, 0.05) is 8.80 Å². The van der Waals surface area contributed by atoms with Gasteiger partial charge in [-0.15, -0.1) is 19.6 Å². The Morgan fingerprint density at radius 1 is 0.708 bits per heavy atom. The summed E-state index contributed by atoms with van der Waals surface area (Å²) in [7, 11) is -0.480. The van der Waals surface area contributed by atoms with Crippen molar-refractivity contribution in [3.8, 4) is 0 Å². The summed E-state index contributed by atoms with van der Waals surface area (Å²) in [6.45, 7) is 18.6. The second-order valence-electron chi connectivity index (χ2n) is 7.17. The van der Waals surface area contributed by atoms with Crippen LogP contribution in [-0.4, -0.2) is 28.4 Å². The normalized spacial score (nSPS) is 9.46. The van der Waals surface area contributed by atoms with Gasteiger partial charge in [-0.25, -0.2) is 12.1 Å². The molecule has 140 valence electrons. The number of hydrogen-bond acceptors (Lipinski definition) is 0. The molecule has 1 aromatic carbocycles. The van der Waals surface area contributed by atoms with E-state index in [2.05, 4.69) is 37.4 Å². The van der Waals surface area contributed by atoms with E-state index < -0.39 is 8.80 Å². The second-order valence-corrected chi connectivity index (χ2v) is 10.1. The quantitative estimate of drug-likeness (QED) is 0.338. The van der Waals surface area contributed by atoms with Crippen molar-refractivity contribution in [2.75, 3.05) is 19.6 Å². The summed E-state index contributed by atoms with van der Waals surface area (Å²) in [6.07, 6.45) is 0. The van der Waals surface area contributed by atoms with Gasteiger partial charge in [-0.1, -0.05) is 72.4 Å². The molecule has 0 aliphatic rings. The van der Waals surface area contributed by atoms with Crippen molar-refractivity contribution < 1.29 is 25.8 Å². The first-order valence-corrected chi connectivity index (χ1v) is 11.7. The Morgan fingerprint density at radius 3 is 1.00 bits per heavy atom. The zero-order valence-corrected chi connectivity index (χ0v) is 22.0. The Labute approximate surface area is 172 Å². The van der Waals surface area contributed by atoms with Crippen molar-refractivity contribution >= 4 is 14.0 Å². The average Bonchev–Trinajstić information content (AvgIpc) is 3.03. The average molecular weight is 518 g/mol. The van der Waals surface area contributed by atoms with Gasteiger partial charge in [0.15, 0.2) is 0 Å². The molecule has 0 radical (unpaired) electrons. The van der Waals surface area contributed by atoms with Crippen LogP contribution in [0, 0.1) is 17.8 Å². The monoisotopic (exact) mass is 519 g/mol. The first kappa shape index (κ1) is 32.0. The molecular formula is C19H41HfN3Si. The molecule has 0 aliphatic heterocycles. The Balaban J connectivity index is -0.000000113. The molecule has 1 aromatic rings. The molecule has 0 atom stereocenters. The smallest absolute Gasteiger partial charge is 0.677 e. The van der Waals surface area contributed by atoms with E-state index in [1.165, 1.54) is 0 Å². The van der Waals surface area contributed by atoms with E-state index in [9.17, 15) is 0 Å². The molecule has 0 bridgehead atoms. The third kappa shape index (κ3) is 33.8. The zero-order valence-electron chi connectivity index (χ0n) is 17.2. The third-order valence-electron chi connectivity index (χ3n) is 2.58. The Kier molecular flexibility index (Phi) is 31.1. The topological polar surface area (TPSA) is 71.4 Å². The van der Waals surface area contributed by atoms with Crippen molar-refractivity contribution in [2.24, 2.45) is 17.8 Å². The van der Waals surface area contributed by atoms with Crippen LogP contribution in [0.15, 0.2) is 24.3 Å². The van der Waals surface area contributed by atoms with E-state index in [1.54, 1.807) is 5.19 Å². The number of nitrogens with one attached hydrogen (secondary N) is 3. The summed E-state index contributed by atoms with van der Waals surface area (Å²) >= 11 is 0. The fraction of sp³-hybridized carbons (Fsp3) is 0.737. The van der Waals surface area contributed by atoms with Gasteiger partial charge in [-0.2, -0.15) is 17.3 Å². The van der Waals surface area contributed by atoms with Crippen LogP contribution >= 0.6 is 0 Å². The summed E-state index contributed by atoms with van der Waals surface area (Å²) in [5.41, 5.74) is 20.0. The minimum Gasteiger partial charge on any atom is -0.677 e. The molecule has 0 amide bonds. The standard InChI is InChI=1S/C7H11Si.3C4H10N.Hf/c1-8(2)7-5-3-4-6-7;3*1-4(2)3-5;/h3-6,8H,1-2H3;3*4-5H,3H2,1-2H3;/q4*-1;+4. The van der Waals surface area contributed by atoms with Crippen LogP contribution in [0.3, 0.4) is 0 Å². The van der Waals surface area contributed by atoms with E-state index in [4.69, 9.17) is 17.2 Å². The van der Waals surface area contributed by atoms with Gasteiger partial charge in [-0.3, -0.25) is 0 Å². The zero-order chi connectivity index (χ0) is 18.8. The maximum absolute atomic E-state index is 6.66. The van der Waals surface area contributed by atoms with Crippen LogP contribution in [0.5, 0.6) is 0 Å². The van der Waals surface area contributed by atoms with E-state index in [1.807, 2.05) is 41.5 Å². The molecule has 0 saturated heterocycles. The SMILES string of the molecule is CC(C)C[NH-].CC(C)C[NH-].CC(C)C[NH-].C[SiH](C)[c-]1cccc1.[Hf+4]. The summed E-state index contributed by atoms with van der Waals surface area (Å²) in [5.74, 6) is 1.65. The minimum absolute atomic E-state index is 0. The summed E-state index contributed by atoms with van der Waals surface area (Å²) in [6, 6.07) is 8.67. The maximum atomic E-state index is 6.66. The van der Waals surface area contributed by atoms with Crippen molar-refractivity contribution in [3.63, 3.8) is 0 Å². The maximum Gasteiger partial charge on any atom is 4.00 e. The van der Waals surface area contributed by atoms with Gasteiger partial charge in [0.2, 0.25) is 0 Å². The first-order valence-electron chi connectivity index (χ1n) is 8.77. The van der Waals surface area contributed by atoms with Gasteiger partial charge in [0.1, 0.15) is 0 Å². The van der Waals surface area contributed by atoms with Gasteiger partial charge in [-0.05, 0) is 0 Å². The minimum atomic E-state index is -0.480. The molecule has 0 spiro atoms. The molecule has 0 fully saturated rings. The second kappa shape index (κ2) is 23.3. The molecule has 0 aliphatic carbocycles. The van der Waals surface area contributed by atoms with Gasteiger partial charge < -0.3 is 17.2 Å². The van der Waals surface area contributed by atoms with Crippen molar-refractivity contribution in [2.45, 2.75) is 54.6 Å². The van der Waals surface area contributed by atoms with Crippen molar-refractivity contribution in [3.05, 3.63) is 41.5 Å². The Hall–Kier alpha value is 0.317. The molecule has 0 saturated carbocycles. The van der Waals surface area contributed by atoms with Crippen LogP contribution in [0.2, 0.25) is 13.1 Å². The fourth-order valence-corrected chi connectivity index (χ4v) is 1.77. The van der Waals surface area contributed by atoms with E-state index in [-0.39, 0.29) is 25.8 Å². The third-order valence-corrected chi connectivity index (χ3v) is 4.30. The van der Waals surface area contributed by atoms with Crippen LogP contribution < -0.4 is 5.19 Å². The van der Waals surface area contributed by atoms with Crippen LogP contribution in [0.4, 0.5) is 0 Å². The van der Waals surface area contributed by atoms with Gasteiger partial charge in [0.25, 0.3) is 0 Å². The van der Waals surface area contributed by atoms with Gasteiger partial charge >= 0.3 is 25.8 Å². The summed E-state index contributed by atoms with van der Waals surface area (Å²) in [4.78, 5) is 0. The van der Waals surface area contributed by atoms with Gasteiger partial charge in [0.05, 0.1) is 0 Å². The number of rotatable bonds is 4. The molecule has 0 aromatic heterocycles. The molecule has 5 heteroatoms. The fourth-order valence-electron chi connectivity index (χ4n) is 0.774. The van der Waals surface area contributed by atoms with E-state index in [0.717, 1.165) is 0 Å². The molecule has 24 heavy (non-hydrogen) atoms. The van der Waals surface area contributed by atoms with Crippen LogP contribution in [-0.2, 0) is 25.8 Å².